The van der Waals surface area contributed by atoms with Gasteiger partial charge in [-0.05, 0) is 44.4 Å². The molecule has 78 valence electrons. The Balaban J connectivity index is 2.50. The summed E-state index contributed by atoms with van der Waals surface area (Å²) in [4.78, 5) is 0. The van der Waals surface area contributed by atoms with Gasteiger partial charge in [0.25, 0.3) is 0 Å². The van der Waals surface area contributed by atoms with Crippen LogP contribution in [0.25, 0.3) is 0 Å². The molecular formula is C11H21FO. The molecule has 2 heteroatoms. The second kappa shape index (κ2) is 3.95. The summed E-state index contributed by atoms with van der Waals surface area (Å²) in [5, 5.41) is 9.68. The Morgan fingerprint density at radius 3 is 2.69 bits per heavy atom. The molecule has 0 bridgehead atoms. The maximum absolute atomic E-state index is 13.6. The Morgan fingerprint density at radius 2 is 2.15 bits per heavy atom. The summed E-state index contributed by atoms with van der Waals surface area (Å²) >= 11 is 0. The number of hydrogen-bond acceptors (Lipinski definition) is 1. The van der Waals surface area contributed by atoms with Gasteiger partial charge in [0.1, 0.15) is 5.67 Å². The molecule has 0 spiro atoms. The average molecular weight is 188 g/mol. The highest BCUT2D eigenvalue weighted by atomic mass is 19.1. The normalized spacial score (nSPS) is 41.1. The van der Waals surface area contributed by atoms with Gasteiger partial charge < -0.3 is 5.11 Å². The number of alkyl halides is 1. The van der Waals surface area contributed by atoms with Crippen LogP contribution < -0.4 is 0 Å². The molecule has 1 saturated carbocycles. The van der Waals surface area contributed by atoms with E-state index < -0.39 is 5.67 Å². The minimum absolute atomic E-state index is 0.170. The first kappa shape index (κ1) is 11.0. The van der Waals surface area contributed by atoms with Crippen molar-refractivity contribution in [3.05, 3.63) is 0 Å². The summed E-state index contributed by atoms with van der Waals surface area (Å²) in [5.41, 5.74) is -1.04. The number of aliphatic hydroxyl groups is 1. The van der Waals surface area contributed by atoms with E-state index in [0.29, 0.717) is 25.2 Å². The zero-order chi connectivity index (χ0) is 10.1. The Labute approximate surface area is 80.3 Å². The molecule has 1 N–H and O–H groups in total. The van der Waals surface area contributed by atoms with Gasteiger partial charge in [0.2, 0.25) is 0 Å². The summed E-state index contributed by atoms with van der Waals surface area (Å²) in [5.74, 6) is 0.720. The van der Waals surface area contributed by atoms with Gasteiger partial charge in [0.15, 0.2) is 0 Å². The van der Waals surface area contributed by atoms with Crippen LogP contribution in [0.2, 0.25) is 0 Å². The molecule has 1 fully saturated rings. The fraction of sp³-hybridized carbons (Fsp3) is 1.00. The zero-order valence-electron chi connectivity index (χ0n) is 8.89. The molecule has 0 radical (unpaired) electrons. The van der Waals surface area contributed by atoms with Crippen molar-refractivity contribution < 1.29 is 9.50 Å². The molecule has 0 aromatic heterocycles. The highest BCUT2D eigenvalue weighted by molar-refractivity contribution is 4.87. The number of halogens is 1. The molecule has 1 rings (SSSR count). The summed E-state index contributed by atoms with van der Waals surface area (Å²) < 4.78 is 13.6. The Kier molecular flexibility index (Phi) is 3.33. The summed E-state index contributed by atoms with van der Waals surface area (Å²) in [7, 11) is 0. The smallest absolute Gasteiger partial charge is 0.108 e. The quantitative estimate of drug-likeness (QED) is 0.706. The molecule has 1 aliphatic rings. The van der Waals surface area contributed by atoms with Gasteiger partial charge in [-0.3, -0.25) is 0 Å². The highest BCUT2D eigenvalue weighted by Crippen LogP contribution is 2.38. The van der Waals surface area contributed by atoms with Gasteiger partial charge in [0.05, 0.1) is 6.10 Å². The highest BCUT2D eigenvalue weighted by Gasteiger charge is 2.36. The van der Waals surface area contributed by atoms with Crippen LogP contribution in [0.5, 0.6) is 0 Å². The van der Waals surface area contributed by atoms with Gasteiger partial charge in [-0.15, -0.1) is 0 Å². The van der Waals surface area contributed by atoms with E-state index >= 15 is 0 Å². The van der Waals surface area contributed by atoms with Gasteiger partial charge in [0, 0.05) is 0 Å². The largest absolute Gasteiger partial charge is 0.393 e. The van der Waals surface area contributed by atoms with Crippen molar-refractivity contribution in [3.63, 3.8) is 0 Å². The van der Waals surface area contributed by atoms with Gasteiger partial charge in [-0.25, -0.2) is 4.39 Å². The first-order valence-corrected chi connectivity index (χ1v) is 5.28. The minimum atomic E-state index is -1.04. The molecule has 1 aliphatic carbocycles. The fourth-order valence-corrected chi connectivity index (χ4v) is 2.32. The first-order valence-electron chi connectivity index (χ1n) is 5.28. The third-order valence-corrected chi connectivity index (χ3v) is 2.97. The van der Waals surface area contributed by atoms with E-state index in [2.05, 4.69) is 13.8 Å². The summed E-state index contributed by atoms with van der Waals surface area (Å²) in [6, 6.07) is 0. The third-order valence-electron chi connectivity index (χ3n) is 2.97. The van der Waals surface area contributed by atoms with E-state index in [4.69, 9.17) is 0 Å². The molecule has 3 atom stereocenters. The second-order valence-corrected chi connectivity index (χ2v) is 5.11. The number of rotatable bonds is 2. The van der Waals surface area contributed by atoms with E-state index in [9.17, 15) is 9.50 Å². The molecule has 0 aromatic carbocycles. The van der Waals surface area contributed by atoms with Crippen molar-refractivity contribution in [2.45, 2.75) is 58.2 Å². The standard InChI is InChI=1S/C11H21FO/c1-8(2)6-9-7-11(3,12)5-4-10(9)13/h8-10,13H,4-7H2,1-3H3/t9-,10-,11?/m1/s1. The van der Waals surface area contributed by atoms with E-state index in [-0.39, 0.29) is 12.0 Å². The van der Waals surface area contributed by atoms with Crippen molar-refractivity contribution >= 4 is 0 Å². The van der Waals surface area contributed by atoms with Crippen molar-refractivity contribution in [2.24, 2.45) is 11.8 Å². The fourth-order valence-electron chi connectivity index (χ4n) is 2.32. The molecule has 0 heterocycles. The molecule has 0 saturated heterocycles. The van der Waals surface area contributed by atoms with Crippen molar-refractivity contribution in [1.29, 1.82) is 0 Å². The lowest BCUT2D eigenvalue weighted by molar-refractivity contribution is -0.0113. The molecule has 1 nitrogen and oxygen atoms in total. The summed E-state index contributed by atoms with van der Waals surface area (Å²) in [6.45, 7) is 5.90. The van der Waals surface area contributed by atoms with Crippen LogP contribution >= 0.6 is 0 Å². The Hall–Kier alpha value is -0.110. The third kappa shape index (κ3) is 3.26. The lowest BCUT2D eigenvalue weighted by Gasteiger charge is -2.36. The maximum atomic E-state index is 13.6. The van der Waals surface area contributed by atoms with E-state index in [1.54, 1.807) is 6.92 Å². The summed E-state index contributed by atoms with van der Waals surface area (Å²) in [6.07, 6.45) is 2.35. The van der Waals surface area contributed by atoms with E-state index in [0.717, 1.165) is 6.42 Å². The van der Waals surface area contributed by atoms with E-state index in [1.165, 1.54) is 0 Å². The monoisotopic (exact) mass is 188 g/mol. The molecule has 0 amide bonds. The molecule has 0 aromatic rings. The van der Waals surface area contributed by atoms with Crippen LogP contribution in [0.1, 0.15) is 46.5 Å². The average Bonchev–Trinajstić information content (AvgIpc) is 1.95. The van der Waals surface area contributed by atoms with Crippen LogP contribution in [-0.2, 0) is 0 Å². The predicted molar refractivity (Wildman–Crippen MR) is 52.3 cm³/mol. The van der Waals surface area contributed by atoms with Gasteiger partial charge in [-0.1, -0.05) is 13.8 Å². The van der Waals surface area contributed by atoms with Crippen LogP contribution in [-0.4, -0.2) is 16.9 Å². The molecule has 13 heavy (non-hydrogen) atoms. The second-order valence-electron chi connectivity index (χ2n) is 5.11. The number of hydrogen-bond donors (Lipinski definition) is 1. The molecule has 1 unspecified atom stereocenters. The first-order chi connectivity index (χ1) is 5.91. The Bertz CT molecular complexity index is 165. The zero-order valence-corrected chi connectivity index (χ0v) is 8.89. The van der Waals surface area contributed by atoms with Crippen molar-refractivity contribution in [1.82, 2.24) is 0 Å². The van der Waals surface area contributed by atoms with Crippen LogP contribution in [0, 0.1) is 11.8 Å². The topological polar surface area (TPSA) is 20.2 Å². The van der Waals surface area contributed by atoms with E-state index in [1.807, 2.05) is 0 Å². The number of aliphatic hydroxyl groups excluding tert-OH is 1. The van der Waals surface area contributed by atoms with Gasteiger partial charge >= 0.3 is 0 Å². The van der Waals surface area contributed by atoms with Crippen LogP contribution in [0.15, 0.2) is 0 Å². The Morgan fingerprint density at radius 1 is 1.54 bits per heavy atom. The van der Waals surface area contributed by atoms with Crippen LogP contribution in [0.3, 0.4) is 0 Å². The minimum Gasteiger partial charge on any atom is -0.393 e. The van der Waals surface area contributed by atoms with Crippen molar-refractivity contribution in [2.75, 3.05) is 0 Å². The van der Waals surface area contributed by atoms with Crippen LogP contribution in [0.4, 0.5) is 4.39 Å². The maximum Gasteiger partial charge on any atom is 0.108 e. The van der Waals surface area contributed by atoms with Gasteiger partial charge in [-0.2, -0.15) is 0 Å². The lowest BCUT2D eigenvalue weighted by Crippen LogP contribution is -2.37. The lowest BCUT2D eigenvalue weighted by atomic mass is 9.75. The predicted octanol–water partition coefficient (Wildman–Crippen LogP) is 2.92. The molecular weight excluding hydrogens is 167 g/mol. The van der Waals surface area contributed by atoms with Crippen molar-refractivity contribution in [3.8, 4) is 0 Å². The SMILES string of the molecule is CC(C)C[C@@H]1CC(C)(F)CC[C@H]1O. The molecule has 0 aliphatic heterocycles.